The lowest BCUT2D eigenvalue weighted by molar-refractivity contribution is 0.402. The summed E-state index contributed by atoms with van der Waals surface area (Å²) in [6.07, 6.45) is 1.71. The minimum absolute atomic E-state index is 0. The molecule has 6 heteroatoms. The number of hydrogen-bond donors (Lipinski definition) is 4. The molecule has 0 aliphatic carbocycles. The highest BCUT2D eigenvalue weighted by Crippen LogP contribution is 2.34. The summed E-state index contributed by atoms with van der Waals surface area (Å²) < 4.78 is 5.35. The molecule has 0 saturated carbocycles. The predicted molar refractivity (Wildman–Crippen MR) is 100 cm³/mol. The number of nitrogens with one attached hydrogen (secondary N) is 2. The van der Waals surface area contributed by atoms with Crippen molar-refractivity contribution in [3.05, 3.63) is 53.2 Å². The minimum atomic E-state index is -0.0891. The van der Waals surface area contributed by atoms with E-state index < -0.39 is 0 Å². The van der Waals surface area contributed by atoms with Crippen LogP contribution in [0, 0.1) is 0 Å². The summed E-state index contributed by atoms with van der Waals surface area (Å²) >= 11 is 0. The van der Waals surface area contributed by atoms with E-state index in [1.54, 1.807) is 13.2 Å². The van der Waals surface area contributed by atoms with Gasteiger partial charge in [-0.3, -0.25) is 0 Å². The number of methoxy groups -OCH3 is 1. The van der Waals surface area contributed by atoms with Crippen LogP contribution in [-0.4, -0.2) is 28.9 Å². The van der Waals surface area contributed by atoms with Gasteiger partial charge in [0.2, 0.25) is 0 Å². The van der Waals surface area contributed by atoms with Crippen molar-refractivity contribution < 1.29 is 14.9 Å². The van der Waals surface area contributed by atoms with Gasteiger partial charge in [0.1, 0.15) is 5.75 Å². The summed E-state index contributed by atoms with van der Waals surface area (Å²) in [4.78, 5) is 3.53. The largest absolute Gasteiger partial charge is 0.504 e. The van der Waals surface area contributed by atoms with E-state index in [0.29, 0.717) is 0 Å². The molecule has 1 atom stereocenters. The molecule has 0 fully saturated rings. The maximum Gasteiger partial charge on any atom is 0.157 e. The predicted octanol–water partition coefficient (Wildman–Crippen LogP) is 3.44. The molecule has 3 aromatic rings. The molecule has 4 rings (SSSR count). The van der Waals surface area contributed by atoms with Crippen LogP contribution in [0.5, 0.6) is 17.2 Å². The van der Waals surface area contributed by atoms with Crippen LogP contribution >= 0.6 is 12.4 Å². The number of aromatic nitrogens is 1. The lowest BCUT2D eigenvalue weighted by Gasteiger charge is -2.24. The van der Waals surface area contributed by atoms with E-state index in [-0.39, 0.29) is 29.9 Å². The maximum absolute atomic E-state index is 9.70. The van der Waals surface area contributed by atoms with Gasteiger partial charge >= 0.3 is 0 Å². The summed E-state index contributed by atoms with van der Waals surface area (Å²) in [5, 5.41) is 23.9. The number of benzene rings is 2. The molecule has 1 unspecified atom stereocenters. The van der Waals surface area contributed by atoms with E-state index in [0.717, 1.165) is 36.2 Å². The van der Waals surface area contributed by atoms with Crippen molar-refractivity contribution in [1.82, 2.24) is 10.3 Å². The van der Waals surface area contributed by atoms with Crippen LogP contribution in [0.2, 0.25) is 0 Å². The third-order valence-electron chi connectivity index (χ3n) is 4.74. The number of rotatable bonds is 3. The summed E-state index contributed by atoms with van der Waals surface area (Å²) in [6, 6.07) is 11.2. The van der Waals surface area contributed by atoms with Crippen molar-refractivity contribution >= 4 is 23.3 Å². The lowest BCUT2D eigenvalue weighted by Crippen LogP contribution is -2.31. The zero-order valence-corrected chi connectivity index (χ0v) is 14.7. The zero-order valence-electron chi connectivity index (χ0n) is 13.9. The Morgan fingerprint density at radius 3 is 2.72 bits per heavy atom. The first-order chi connectivity index (χ1) is 11.7. The molecule has 0 spiro atoms. The minimum Gasteiger partial charge on any atom is -0.504 e. The van der Waals surface area contributed by atoms with Gasteiger partial charge in [0.25, 0.3) is 0 Å². The number of phenols is 2. The Morgan fingerprint density at radius 2 is 1.96 bits per heavy atom. The van der Waals surface area contributed by atoms with Gasteiger partial charge in [-0.05, 0) is 60.8 Å². The zero-order chi connectivity index (χ0) is 16.7. The summed E-state index contributed by atoms with van der Waals surface area (Å²) in [5.74, 6) is 0.696. The normalized spacial score (nSPS) is 16.3. The quantitative estimate of drug-likeness (QED) is 0.540. The summed E-state index contributed by atoms with van der Waals surface area (Å²) in [5.41, 5.74) is 4.61. The summed E-state index contributed by atoms with van der Waals surface area (Å²) in [6.45, 7) is 0.909. The molecule has 0 bridgehead atoms. The van der Waals surface area contributed by atoms with Gasteiger partial charge in [-0.25, -0.2) is 0 Å². The molecule has 1 aromatic heterocycles. The molecule has 0 radical (unpaired) electrons. The number of aromatic hydroxyl groups is 2. The molecular weight excluding hydrogens is 340 g/mol. The molecule has 2 aromatic carbocycles. The van der Waals surface area contributed by atoms with E-state index in [9.17, 15) is 10.2 Å². The Hall–Kier alpha value is -2.37. The van der Waals surface area contributed by atoms with Crippen molar-refractivity contribution in [3.8, 4) is 17.2 Å². The van der Waals surface area contributed by atoms with Crippen LogP contribution in [0.25, 0.3) is 10.9 Å². The number of aromatic amines is 1. The van der Waals surface area contributed by atoms with Crippen molar-refractivity contribution in [1.29, 1.82) is 0 Å². The number of H-pyrrole nitrogens is 1. The van der Waals surface area contributed by atoms with E-state index in [4.69, 9.17) is 4.74 Å². The first kappa shape index (κ1) is 17.5. The van der Waals surface area contributed by atoms with Crippen molar-refractivity contribution in [2.24, 2.45) is 0 Å². The number of halogens is 1. The van der Waals surface area contributed by atoms with Gasteiger partial charge in [0, 0.05) is 16.6 Å². The highest BCUT2D eigenvalue weighted by atomic mass is 35.5. The first-order valence-corrected chi connectivity index (χ1v) is 8.08. The van der Waals surface area contributed by atoms with Crippen molar-refractivity contribution in [2.75, 3.05) is 13.7 Å². The highest BCUT2D eigenvalue weighted by molar-refractivity contribution is 5.86. The Balaban J connectivity index is 0.00000182. The topological polar surface area (TPSA) is 77.5 Å². The van der Waals surface area contributed by atoms with E-state index in [2.05, 4.69) is 22.4 Å². The fourth-order valence-corrected chi connectivity index (χ4v) is 3.52. The second-order valence-corrected chi connectivity index (χ2v) is 6.21. The Kier molecular flexibility index (Phi) is 4.79. The molecule has 132 valence electrons. The van der Waals surface area contributed by atoms with Crippen LogP contribution < -0.4 is 10.1 Å². The number of hydrogen-bond acceptors (Lipinski definition) is 4. The SMILES string of the molecule is COc1ccc2[nH]c3c(c2c1)CCNC3Cc1ccc(O)c(O)c1.Cl. The van der Waals surface area contributed by atoms with Crippen molar-refractivity contribution in [3.63, 3.8) is 0 Å². The number of phenolic OH excluding ortho intramolecular Hbond substituents is 2. The number of fused-ring (bicyclic) bond motifs is 3. The highest BCUT2D eigenvalue weighted by Gasteiger charge is 2.24. The van der Waals surface area contributed by atoms with E-state index in [1.165, 1.54) is 22.7 Å². The average molecular weight is 361 g/mol. The van der Waals surface area contributed by atoms with E-state index in [1.807, 2.05) is 12.1 Å². The van der Waals surface area contributed by atoms with Gasteiger partial charge in [0.05, 0.1) is 13.2 Å². The molecule has 1 aliphatic rings. The van der Waals surface area contributed by atoms with Gasteiger partial charge in [-0.15, -0.1) is 12.4 Å². The second kappa shape index (κ2) is 6.86. The lowest BCUT2D eigenvalue weighted by atomic mass is 9.94. The van der Waals surface area contributed by atoms with E-state index >= 15 is 0 Å². The van der Waals surface area contributed by atoms with Crippen LogP contribution in [-0.2, 0) is 12.8 Å². The summed E-state index contributed by atoms with van der Waals surface area (Å²) in [7, 11) is 1.68. The fraction of sp³-hybridized carbons (Fsp3) is 0.263. The third kappa shape index (κ3) is 3.13. The van der Waals surface area contributed by atoms with Gasteiger partial charge in [-0.2, -0.15) is 0 Å². The first-order valence-electron chi connectivity index (χ1n) is 8.08. The molecule has 1 aliphatic heterocycles. The number of ether oxygens (including phenoxy) is 1. The van der Waals surface area contributed by atoms with Gasteiger partial charge in [-0.1, -0.05) is 6.07 Å². The fourth-order valence-electron chi connectivity index (χ4n) is 3.52. The molecule has 5 nitrogen and oxygen atoms in total. The Bertz CT molecular complexity index is 907. The molecule has 0 saturated heterocycles. The Labute approximate surface area is 152 Å². The molecule has 0 amide bonds. The van der Waals surface area contributed by atoms with Crippen molar-refractivity contribution in [2.45, 2.75) is 18.9 Å². The van der Waals surface area contributed by atoms with Crippen LogP contribution in [0.1, 0.15) is 22.9 Å². The second-order valence-electron chi connectivity index (χ2n) is 6.21. The van der Waals surface area contributed by atoms with Gasteiger partial charge in [0.15, 0.2) is 11.5 Å². The van der Waals surface area contributed by atoms with Crippen LogP contribution in [0.15, 0.2) is 36.4 Å². The van der Waals surface area contributed by atoms with Crippen LogP contribution in [0.4, 0.5) is 0 Å². The molecule has 25 heavy (non-hydrogen) atoms. The van der Waals surface area contributed by atoms with Crippen LogP contribution in [0.3, 0.4) is 0 Å². The maximum atomic E-state index is 9.70. The van der Waals surface area contributed by atoms with Gasteiger partial charge < -0.3 is 25.3 Å². The Morgan fingerprint density at radius 1 is 1.12 bits per heavy atom. The molecular formula is C19H21ClN2O3. The average Bonchev–Trinajstić information content (AvgIpc) is 2.97. The monoisotopic (exact) mass is 360 g/mol. The smallest absolute Gasteiger partial charge is 0.157 e. The molecule has 2 heterocycles. The standard InChI is InChI=1S/C19H20N2O3.ClH/c1-24-12-3-4-15-14(10-12)13-6-7-20-16(19(13)21-15)8-11-2-5-17(22)18(23)9-11;/h2-5,9-10,16,20-23H,6-8H2,1H3;1H. The molecule has 4 N–H and O–H groups in total. The third-order valence-corrected chi connectivity index (χ3v) is 4.74.